The van der Waals surface area contributed by atoms with E-state index in [2.05, 4.69) is 4.98 Å². The van der Waals surface area contributed by atoms with Crippen LogP contribution >= 0.6 is 0 Å². The highest BCUT2D eigenvalue weighted by molar-refractivity contribution is 7.90. The van der Waals surface area contributed by atoms with Crippen LogP contribution in [0.2, 0.25) is 0 Å². The first kappa shape index (κ1) is 14.6. The van der Waals surface area contributed by atoms with E-state index in [1.54, 1.807) is 0 Å². The maximum absolute atomic E-state index is 11.9. The van der Waals surface area contributed by atoms with Gasteiger partial charge < -0.3 is 5.11 Å². The number of nitrogens with zero attached hydrogens (tertiary/aromatic N) is 1. The number of rotatable bonds is 6. The van der Waals surface area contributed by atoms with Crippen LogP contribution < -0.4 is 0 Å². The molecule has 0 fully saturated rings. The van der Waals surface area contributed by atoms with Crippen LogP contribution in [-0.2, 0) is 15.6 Å². The van der Waals surface area contributed by atoms with E-state index in [1.165, 1.54) is 18.2 Å². The SMILES string of the molecule is CCC(C)CS(=O)(=O)Cc1cccc(C(=O)O)n1. The second kappa shape index (κ2) is 5.95. The van der Waals surface area contributed by atoms with Crippen molar-refractivity contribution in [2.75, 3.05) is 5.75 Å². The molecule has 1 aromatic heterocycles. The van der Waals surface area contributed by atoms with E-state index in [9.17, 15) is 13.2 Å². The quantitative estimate of drug-likeness (QED) is 0.852. The van der Waals surface area contributed by atoms with Gasteiger partial charge in [0.2, 0.25) is 0 Å². The molecule has 0 saturated carbocycles. The molecule has 1 N–H and O–H groups in total. The van der Waals surface area contributed by atoms with Crippen molar-refractivity contribution in [3.63, 3.8) is 0 Å². The summed E-state index contributed by atoms with van der Waals surface area (Å²) in [5.41, 5.74) is 0.143. The van der Waals surface area contributed by atoms with Crippen molar-refractivity contribution in [3.8, 4) is 0 Å². The van der Waals surface area contributed by atoms with Gasteiger partial charge in [0.25, 0.3) is 0 Å². The molecule has 1 rings (SSSR count). The molecule has 0 aliphatic carbocycles. The standard InChI is InChI=1S/C12H17NO4S/c1-3-9(2)7-18(16,17)8-10-5-4-6-11(13-10)12(14)15/h4-6,9H,3,7-8H2,1-2H3,(H,14,15). The first-order valence-electron chi connectivity index (χ1n) is 5.73. The Kier molecular flexibility index (Phi) is 4.84. The molecule has 100 valence electrons. The minimum absolute atomic E-state index is 0.0951. The average molecular weight is 271 g/mol. The lowest BCUT2D eigenvalue weighted by Crippen LogP contribution is -2.16. The fraction of sp³-hybridized carbons (Fsp3) is 0.500. The highest BCUT2D eigenvalue weighted by Crippen LogP contribution is 2.11. The number of sulfone groups is 1. The van der Waals surface area contributed by atoms with Crippen molar-refractivity contribution in [3.05, 3.63) is 29.6 Å². The minimum atomic E-state index is -3.24. The predicted molar refractivity (Wildman–Crippen MR) is 68.1 cm³/mol. The van der Waals surface area contributed by atoms with Crippen LogP contribution in [0.15, 0.2) is 18.2 Å². The van der Waals surface area contributed by atoms with Crippen LogP contribution in [0.5, 0.6) is 0 Å². The van der Waals surface area contributed by atoms with Crippen LogP contribution in [0, 0.1) is 5.92 Å². The summed E-state index contributed by atoms with van der Waals surface area (Å²) in [6, 6.07) is 4.37. The number of hydrogen-bond acceptors (Lipinski definition) is 4. The number of carboxylic acids is 1. The molecule has 5 nitrogen and oxygen atoms in total. The van der Waals surface area contributed by atoms with Crippen molar-refractivity contribution in [1.29, 1.82) is 0 Å². The van der Waals surface area contributed by atoms with Gasteiger partial charge in [-0.05, 0) is 18.1 Å². The van der Waals surface area contributed by atoms with E-state index < -0.39 is 15.8 Å². The first-order valence-corrected chi connectivity index (χ1v) is 7.56. The smallest absolute Gasteiger partial charge is 0.354 e. The molecule has 1 unspecified atom stereocenters. The van der Waals surface area contributed by atoms with Crippen molar-refractivity contribution < 1.29 is 18.3 Å². The third-order valence-electron chi connectivity index (χ3n) is 2.63. The zero-order chi connectivity index (χ0) is 13.8. The number of carbonyl (C=O) groups is 1. The molecule has 0 radical (unpaired) electrons. The molecule has 18 heavy (non-hydrogen) atoms. The Morgan fingerprint density at radius 1 is 1.44 bits per heavy atom. The highest BCUT2D eigenvalue weighted by Gasteiger charge is 2.17. The number of aromatic carboxylic acids is 1. The molecular formula is C12H17NO4S. The summed E-state index contributed by atoms with van der Waals surface area (Å²) in [5.74, 6) is -1.17. The van der Waals surface area contributed by atoms with E-state index in [1.807, 2.05) is 13.8 Å². The molecular weight excluding hydrogens is 254 g/mol. The second-order valence-electron chi connectivity index (χ2n) is 4.39. The summed E-state index contributed by atoms with van der Waals surface area (Å²) in [6.45, 7) is 3.81. The lowest BCUT2D eigenvalue weighted by Gasteiger charge is -2.09. The molecule has 0 bridgehead atoms. The Morgan fingerprint density at radius 3 is 2.67 bits per heavy atom. The Labute approximate surface area is 107 Å². The number of carboxylic acid groups (broad SMARTS) is 1. The van der Waals surface area contributed by atoms with Crippen LogP contribution in [0.4, 0.5) is 0 Å². The molecule has 0 aliphatic heterocycles. The van der Waals surface area contributed by atoms with Crippen molar-refractivity contribution in [2.45, 2.75) is 26.0 Å². The van der Waals surface area contributed by atoms with Crippen molar-refractivity contribution >= 4 is 15.8 Å². The molecule has 0 saturated heterocycles. The van der Waals surface area contributed by atoms with Gasteiger partial charge in [-0.25, -0.2) is 18.2 Å². The van der Waals surface area contributed by atoms with Crippen molar-refractivity contribution in [2.24, 2.45) is 5.92 Å². The topological polar surface area (TPSA) is 84.3 Å². The lowest BCUT2D eigenvalue weighted by atomic mass is 10.2. The number of hydrogen-bond donors (Lipinski definition) is 1. The Bertz CT molecular complexity index is 525. The summed E-state index contributed by atoms with van der Waals surface area (Å²) >= 11 is 0. The van der Waals surface area contributed by atoms with Gasteiger partial charge in [0.05, 0.1) is 17.2 Å². The highest BCUT2D eigenvalue weighted by atomic mass is 32.2. The van der Waals surface area contributed by atoms with E-state index in [0.29, 0.717) is 0 Å². The summed E-state index contributed by atoms with van der Waals surface area (Å²) in [5, 5.41) is 8.78. The summed E-state index contributed by atoms with van der Waals surface area (Å²) < 4.78 is 23.7. The van der Waals surface area contributed by atoms with Gasteiger partial charge in [0.15, 0.2) is 9.84 Å². The van der Waals surface area contributed by atoms with E-state index in [-0.39, 0.29) is 28.8 Å². The molecule has 0 spiro atoms. The molecule has 1 heterocycles. The molecule has 0 amide bonds. The van der Waals surface area contributed by atoms with Crippen LogP contribution in [0.3, 0.4) is 0 Å². The molecule has 6 heteroatoms. The van der Waals surface area contributed by atoms with Gasteiger partial charge in [-0.15, -0.1) is 0 Å². The Hall–Kier alpha value is -1.43. The predicted octanol–water partition coefficient (Wildman–Crippen LogP) is 1.74. The molecule has 0 aliphatic rings. The van der Waals surface area contributed by atoms with Crippen LogP contribution in [-0.4, -0.2) is 30.2 Å². The fourth-order valence-corrected chi connectivity index (χ4v) is 3.35. The summed E-state index contributed by atoms with van der Waals surface area (Å²) in [4.78, 5) is 14.5. The summed E-state index contributed by atoms with van der Waals surface area (Å²) in [7, 11) is -3.24. The van der Waals surface area contributed by atoms with Gasteiger partial charge >= 0.3 is 5.97 Å². The first-order chi connectivity index (χ1) is 8.34. The van der Waals surface area contributed by atoms with Gasteiger partial charge in [0.1, 0.15) is 5.69 Å². The monoisotopic (exact) mass is 271 g/mol. The minimum Gasteiger partial charge on any atom is -0.477 e. The van der Waals surface area contributed by atoms with Gasteiger partial charge in [-0.3, -0.25) is 0 Å². The lowest BCUT2D eigenvalue weighted by molar-refractivity contribution is 0.0690. The normalized spacial score (nSPS) is 13.2. The molecule has 1 aromatic rings. The molecule has 1 atom stereocenters. The summed E-state index contributed by atoms with van der Waals surface area (Å²) in [6.07, 6.45) is 0.793. The maximum Gasteiger partial charge on any atom is 0.354 e. The van der Waals surface area contributed by atoms with E-state index >= 15 is 0 Å². The Morgan fingerprint density at radius 2 is 2.11 bits per heavy atom. The van der Waals surface area contributed by atoms with Crippen LogP contribution in [0.1, 0.15) is 36.5 Å². The van der Waals surface area contributed by atoms with E-state index in [4.69, 9.17) is 5.11 Å². The number of aromatic nitrogens is 1. The van der Waals surface area contributed by atoms with Crippen LogP contribution in [0.25, 0.3) is 0 Å². The zero-order valence-electron chi connectivity index (χ0n) is 10.5. The Balaban J connectivity index is 2.84. The zero-order valence-corrected chi connectivity index (χ0v) is 11.3. The third-order valence-corrected chi connectivity index (χ3v) is 4.44. The number of pyridine rings is 1. The maximum atomic E-state index is 11.9. The van der Waals surface area contributed by atoms with Crippen molar-refractivity contribution in [1.82, 2.24) is 4.98 Å². The second-order valence-corrected chi connectivity index (χ2v) is 6.50. The molecule has 0 aromatic carbocycles. The largest absolute Gasteiger partial charge is 0.477 e. The van der Waals surface area contributed by atoms with Gasteiger partial charge in [-0.2, -0.15) is 0 Å². The average Bonchev–Trinajstić information content (AvgIpc) is 2.27. The fourth-order valence-electron chi connectivity index (χ4n) is 1.51. The van der Waals surface area contributed by atoms with Gasteiger partial charge in [0, 0.05) is 0 Å². The van der Waals surface area contributed by atoms with Gasteiger partial charge in [-0.1, -0.05) is 26.3 Å². The third kappa shape index (κ3) is 4.44. The van der Waals surface area contributed by atoms with E-state index in [0.717, 1.165) is 6.42 Å².